The third kappa shape index (κ3) is 2.29. The third-order valence-electron chi connectivity index (χ3n) is 5.41. The Balaban J connectivity index is 1.72. The molecule has 1 amide bonds. The molecule has 3 heterocycles. The van der Waals surface area contributed by atoms with E-state index in [1.807, 2.05) is 0 Å². The number of piperidine rings is 1. The van der Waals surface area contributed by atoms with Crippen LogP contribution >= 0.6 is 0 Å². The summed E-state index contributed by atoms with van der Waals surface area (Å²) in [7, 11) is 0. The summed E-state index contributed by atoms with van der Waals surface area (Å²) in [5.41, 5.74) is 0.130. The van der Waals surface area contributed by atoms with E-state index in [2.05, 4.69) is 24.1 Å². The highest BCUT2D eigenvalue weighted by Crippen LogP contribution is 2.40. The van der Waals surface area contributed by atoms with Gasteiger partial charge in [-0.05, 0) is 37.1 Å². The molecule has 0 radical (unpaired) electrons. The molecule has 0 saturated carbocycles. The molecule has 4 heteroatoms. The van der Waals surface area contributed by atoms with E-state index in [9.17, 15) is 4.79 Å². The first-order chi connectivity index (χ1) is 9.04. The van der Waals surface area contributed by atoms with Gasteiger partial charge in [0.2, 0.25) is 5.91 Å². The Hall–Kier alpha value is -0.610. The van der Waals surface area contributed by atoms with E-state index in [0.717, 1.165) is 52.0 Å². The molecule has 1 N–H and O–H groups in total. The second-order valence-corrected chi connectivity index (χ2v) is 7.28. The summed E-state index contributed by atoms with van der Waals surface area (Å²) < 4.78 is 5.65. The highest BCUT2D eigenvalue weighted by molar-refractivity contribution is 5.84. The van der Waals surface area contributed by atoms with E-state index in [1.165, 1.54) is 0 Å². The molecule has 4 nitrogen and oxygen atoms in total. The van der Waals surface area contributed by atoms with Gasteiger partial charge in [-0.25, -0.2) is 0 Å². The first kappa shape index (κ1) is 13.4. The van der Waals surface area contributed by atoms with Gasteiger partial charge in [0, 0.05) is 26.2 Å². The zero-order chi connectivity index (χ0) is 13.5. The number of carbonyl (C=O) groups excluding carboxylic acids is 1. The Morgan fingerprint density at radius 2 is 2.05 bits per heavy atom. The molecular weight excluding hydrogens is 240 g/mol. The maximum Gasteiger partial charge on any atom is 0.232 e. The first-order valence-corrected chi connectivity index (χ1v) is 7.61. The molecule has 0 bridgehead atoms. The van der Waals surface area contributed by atoms with Crippen LogP contribution in [0.25, 0.3) is 0 Å². The van der Waals surface area contributed by atoms with Crippen LogP contribution in [0.15, 0.2) is 0 Å². The number of likely N-dealkylation sites (tertiary alicyclic amines) is 1. The van der Waals surface area contributed by atoms with Crippen LogP contribution in [0.2, 0.25) is 0 Å². The molecule has 3 aliphatic heterocycles. The largest absolute Gasteiger partial charge is 0.380 e. The molecule has 3 rings (SSSR count). The van der Waals surface area contributed by atoms with Crippen molar-refractivity contribution in [2.75, 3.05) is 39.4 Å². The molecule has 0 aromatic heterocycles. The van der Waals surface area contributed by atoms with E-state index in [1.54, 1.807) is 0 Å². The number of rotatable bonds is 1. The number of hydrogen-bond donors (Lipinski definition) is 1. The van der Waals surface area contributed by atoms with Crippen molar-refractivity contribution in [3.8, 4) is 0 Å². The highest BCUT2D eigenvalue weighted by atomic mass is 16.5. The Labute approximate surface area is 115 Å². The van der Waals surface area contributed by atoms with Gasteiger partial charge in [-0.1, -0.05) is 13.8 Å². The molecule has 0 aromatic rings. The molecule has 0 spiro atoms. The lowest BCUT2D eigenvalue weighted by Gasteiger charge is -2.44. The summed E-state index contributed by atoms with van der Waals surface area (Å²) in [6.07, 6.45) is 3.26. The second-order valence-electron chi connectivity index (χ2n) is 7.28. The van der Waals surface area contributed by atoms with Gasteiger partial charge in [0.1, 0.15) is 0 Å². The van der Waals surface area contributed by atoms with Crippen LogP contribution in [0.3, 0.4) is 0 Å². The van der Waals surface area contributed by atoms with Crippen molar-refractivity contribution in [1.82, 2.24) is 10.2 Å². The lowest BCUT2D eigenvalue weighted by atomic mass is 9.73. The summed E-state index contributed by atoms with van der Waals surface area (Å²) >= 11 is 0. The lowest BCUT2D eigenvalue weighted by molar-refractivity contribution is -0.154. The van der Waals surface area contributed by atoms with Crippen molar-refractivity contribution in [3.63, 3.8) is 0 Å². The topological polar surface area (TPSA) is 41.6 Å². The summed E-state index contributed by atoms with van der Waals surface area (Å²) in [5.74, 6) is 0.821. The average Bonchev–Trinajstić information content (AvgIpc) is 2.83. The minimum Gasteiger partial charge on any atom is -0.380 e. The summed E-state index contributed by atoms with van der Waals surface area (Å²) in [6, 6.07) is 0. The molecular formula is C15H26N2O2. The molecule has 0 unspecified atom stereocenters. The SMILES string of the molecule is CC1(C)CCN(C(=O)[C@]23CNC[C@H]2CCOC3)CC1. The van der Waals surface area contributed by atoms with Crippen LogP contribution in [0.4, 0.5) is 0 Å². The minimum absolute atomic E-state index is 0.264. The Kier molecular flexibility index (Phi) is 3.34. The maximum atomic E-state index is 13.0. The number of carbonyl (C=O) groups is 1. The third-order valence-corrected chi connectivity index (χ3v) is 5.41. The van der Waals surface area contributed by atoms with Crippen molar-refractivity contribution in [3.05, 3.63) is 0 Å². The van der Waals surface area contributed by atoms with E-state index in [-0.39, 0.29) is 5.41 Å². The highest BCUT2D eigenvalue weighted by Gasteiger charge is 2.52. The monoisotopic (exact) mass is 266 g/mol. The van der Waals surface area contributed by atoms with Crippen LogP contribution in [0, 0.1) is 16.7 Å². The van der Waals surface area contributed by atoms with Crippen molar-refractivity contribution in [2.45, 2.75) is 33.1 Å². The van der Waals surface area contributed by atoms with Gasteiger partial charge in [-0.2, -0.15) is 0 Å². The van der Waals surface area contributed by atoms with Gasteiger partial charge < -0.3 is 15.0 Å². The quantitative estimate of drug-likeness (QED) is 0.777. The number of nitrogens with one attached hydrogen (secondary N) is 1. The number of hydrogen-bond acceptors (Lipinski definition) is 3. The van der Waals surface area contributed by atoms with Gasteiger partial charge in [-0.3, -0.25) is 4.79 Å². The van der Waals surface area contributed by atoms with Crippen LogP contribution in [0.5, 0.6) is 0 Å². The fraction of sp³-hybridized carbons (Fsp3) is 0.933. The fourth-order valence-corrected chi connectivity index (χ4v) is 3.78. The number of amides is 1. The zero-order valence-corrected chi connectivity index (χ0v) is 12.2. The Morgan fingerprint density at radius 3 is 2.79 bits per heavy atom. The average molecular weight is 266 g/mol. The van der Waals surface area contributed by atoms with Crippen molar-refractivity contribution in [1.29, 1.82) is 0 Å². The Bertz CT molecular complexity index is 359. The van der Waals surface area contributed by atoms with E-state index >= 15 is 0 Å². The molecule has 108 valence electrons. The molecule has 2 atom stereocenters. The van der Waals surface area contributed by atoms with Crippen LogP contribution < -0.4 is 5.32 Å². The standard InChI is InChI=1S/C15H26N2O2/c1-14(2)4-6-17(7-5-14)13(18)15-10-16-9-12(15)3-8-19-11-15/h12,16H,3-11H2,1-2H3/t12-,15+/m1/s1. The molecule has 3 fully saturated rings. The number of nitrogens with zero attached hydrogens (tertiary/aromatic N) is 1. The van der Waals surface area contributed by atoms with Crippen LogP contribution in [0.1, 0.15) is 33.1 Å². The van der Waals surface area contributed by atoms with Crippen molar-refractivity contribution in [2.24, 2.45) is 16.7 Å². The Morgan fingerprint density at radius 1 is 1.32 bits per heavy atom. The second kappa shape index (κ2) is 4.74. The molecule has 0 aromatic carbocycles. The summed E-state index contributed by atoms with van der Waals surface area (Å²) in [4.78, 5) is 15.1. The maximum absolute atomic E-state index is 13.0. The smallest absolute Gasteiger partial charge is 0.232 e. The molecule has 19 heavy (non-hydrogen) atoms. The van der Waals surface area contributed by atoms with Gasteiger partial charge in [-0.15, -0.1) is 0 Å². The van der Waals surface area contributed by atoms with Crippen molar-refractivity contribution < 1.29 is 9.53 Å². The van der Waals surface area contributed by atoms with Gasteiger partial charge >= 0.3 is 0 Å². The molecule has 3 saturated heterocycles. The van der Waals surface area contributed by atoms with E-state index < -0.39 is 0 Å². The zero-order valence-electron chi connectivity index (χ0n) is 12.2. The van der Waals surface area contributed by atoms with Gasteiger partial charge in [0.15, 0.2) is 0 Å². The fourth-order valence-electron chi connectivity index (χ4n) is 3.78. The summed E-state index contributed by atoms with van der Waals surface area (Å²) in [6.45, 7) is 9.65. The first-order valence-electron chi connectivity index (χ1n) is 7.61. The van der Waals surface area contributed by atoms with Crippen LogP contribution in [-0.2, 0) is 9.53 Å². The number of ether oxygens (including phenoxy) is 1. The normalized spacial score (nSPS) is 38.0. The lowest BCUT2D eigenvalue weighted by Crippen LogP contribution is -2.55. The van der Waals surface area contributed by atoms with Gasteiger partial charge in [0.25, 0.3) is 0 Å². The van der Waals surface area contributed by atoms with E-state index in [4.69, 9.17) is 4.74 Å². The predicted molar refractivity (Wildman–Crippen MR) is 73.8 cm³/mol. The van der Waals surface area contributed by atoms with Crippen LogP contribution in [-0.4, -0.2) is 50.2 Å². The molecule has 3 aliphatic rings. The molecule has 0 aliphatic carbocycles. The predicted octanol–water partition coefficient (Wildman–Crippen LogP) is 1.26. The van der Waals surface area contributed by atoms with Gasteiger partial charge in [0.05, 0.1) is 12.0 Å². The van der Waals surface area contributed by atoms with Crippen molar-refractivity contribution >= 4 is 5.91 Å². The minimum atomic E-state index is -0.264. The van der Waals surface area contributed by atoms with E-state index in [0.29, 0.717) is 23.8 Å². The summed E-state index contributed by atoms with van der Waals surface area (Å²) in [5, 5.41) is 3.41. The number of fused-ring (bicyclic) bond motifs is 1.